The highest BCUT2D eigenvalue weighted by Gasteiger charge is 2.21. The molecule has 0 atom stereocenters. The van der Waals surface area contributed by atoms with E-state index in [9.17, 15) is 0 Å². The van der Waals surface area contributed by atoms with Gasteiger partial charge in [-0.25, -0.2) is 15.0 Å². The minimum absolute atomic E-state index is 0.913. The molecule has 1 aliphatic heterocycles. The van der Waals surface area contributed by atoms with Crippen molar-refractivity contribution in [2.45, 2.75) is 13.8 Å². The van der Waals surface area contributed by atoms with Crippen LogP contribution in [0.3, 0.4) is 0 Å². The number of hydrogen-bond acceptors (Lipinski definition) is 7. The largest absolute Gasteiger partial charge is 0.368 e. The third-order valence-corrected chi connectivity index (χ3v) is 5.65. The van der Waals surface area contributed by atoms with E-state index in [1.54, 1.807) is 6.33 Å². The summed E-state index contributed by atoms with van der Waals surface area (Å²) in [5, 5.41) is 5.73. The highest BCUT2D eigenvalue weighted by atomic mass is 15.4. The molecule has 1 aliphatic rings. The molecule has 0 radical (unpaired) electrons. The topological polar surface area (TPSA) is 65.7 Å². The normalized spacial score (nSPS) is 14.7. The fourth-order valence-electron chi connectivity index (χ4n) is 4.20. The molecule has 3 aromatic heterocycles. The summed E-state index contributed by atoms with van der Waals surface area (Å²) in [6.45, 7) is 7.81. The van der Waals surface area contributed by atoms with Crippen LogP contribution in [0.5, 0.6) is 0 Å². The number of anilines is 3. The van der Waals surface area contributed by atoms with Crippen molar-refractivity contribution in [3.63, 3.8) is 0 Å². The zero-order valence-corrected chi connectivity index (χ0v) is 17.9. The van der Waals surface area contributed by atoms with Crippen LogP contribution >= 0.6 is 0 Å². The third kappa shape index (κ3) is 3.18. The summed E-state index contributed by atoms with van der Waals surface area (Å²) in [6.07, 6.45) is 1.63. The molecule has 0 bridgehead atoms. The van der Waals surface area contributed by atoms with Crippen LogP contribution in [-0.2, 0) is 0 Å². The Kier molecular flexibility index (Phi) is 4.42. The molecule has 5 rings (SSSR count). The van der Waals surface area contributed by atoms with Crippen molar-refractivity contribution < 1.29 is 0 Å². The molecule has 0 unspecified atom stereocenters. The number of rotatable bonds is 3. The molecule has 8 nitrogen and oxygen atoms in total. The van der Waals surface area contributed by atoms with Gasteiger partial charge in [0.05, 0.1) is 11.2 Å². The van der Waals surface area contributed by atoms with Crippen molar-refractivity contribution in [3.8, 4) is 0 Å². The van der Waals surface area contributed by atoms with Gasteiger partial charge in [-0.1, -0.05) is 0 Å². The number of benzene rings is 1. The lowest BCUT2D eigenvalue weighted by molar-refractivity contribution is 0.638. The molecule has 0 N–H and O–H groups in total. The number of aromatic nitrogens is 5. The monoisotopic (exact) mass is 402 g/mol. The lowest BCUT2D eigenvalue weighted by Gasteiger charge is -2.37. The molecule has 0 spiro atoms. The minimum Gasteiger partial charge on any atom is -0.368 e. The molecule has 1 saturated heterocycles. The molecule has 0 saturated carbocycles. The van der Waals surface area contributed by atoms with E-state index in [0.29, 0.717) is 0 Å². The van der Waals surface area contributed by atoms with Gasteiger partial charge < -0.3 is 14.7 Å². The second-order valence-corrected chi connectivity index (χ2v) is 8.08. The van der Waals surface area contributed by atoms with Gasteiger partial charge >= 0.3 is 0 Å². The van der Waals surface area contributed by atoms with Crippen molar-refractivity contribution in [1.82, 2.24) is 24.6 Å². The van der Waals surface area contributed by atoms with Gasteiger partial charge in [-0.05, 0) is 32.0 Å². The second kappa shape index (κ2) is 7.12. The van der Waals surface area contributed by atoms with E-state index in [-0.39, 0.29) is 0 Å². The standard InChI is InChI=1S/C22H26N8/c1-15-12-21(30-20(25-15)11-16(2)26-30)29-9-7-28(8-10-29)17-5-6-19-18(13-17)22(27(3)4)24-14-23-19/h5-6,11-14H,7-10H2,1-4H3. The molecule has 8 heteroatoms. The van der Waals surface area contributed by atoms with E-state index in [4.69, 9.17) is 0 Å². The first kappa shape index (κ1) is 18.6. The molecule has 1 fully saturated rings. The Morgan fingerprint density at radius 2 is 1.63 bits per heavy atom. The summed E-state index contributed by atoms with van der Waals surface area (Å²) in [7, 11) is 4.03. The van der Waals surface area contributed by atoms with Crippen molar-refractivity contribution in [1.29, 1.82) is 0 Å². The number of aryl methyl sites for hydroxylation is 2. The molecule has 154 valence electrons. The van der Waals surface area contributed by atoms with Gasteiger partial charge in [0.15, 0.2) is 5.65 Å². The number of nitrogens with zero attached hydrogens (tertiary/aromatic N) is 8. The molecule has 1 aromatic carbocycles. The number of fused-ring (bicyclic) bond motifs is 2. The van der Waals surface area contributed by atoms with Crippen LogP contribution in [0.2, 0.25) is 0 Å². The maximum absolute atomic E-state index is 4.65. The van der Waals surface area contributed by atoms with Crippen LogP contribution in [0.15, 0.2) is 36.7 Å². The van der Waals surface area contributed by atoms with Crippen LogP contribution in [0, 0.1) is 13.8 Å². The van der Waals surface area contributed by atoms with Crippen molar-refractivity contribution in [2.24, 2.45) is 0 Å². The van der Waals surface area contributed by atoms with Crippen molar-refractivity contribution >= 4 is 33.9 Å². The van der Waals surface area contributed by atoms with Gasteiger partial charge in [0.1, 0.15) is 18.0 Å². The van der Waals surface area contributed by atoms with E-state index in [1.165, 1.54) is 5.69 Å². The summed E-state index contributed by atoms with van der Waals surface area (Å²) < 4.78 is 1.97. The van der Waals surface area contributed by atoms with E-state index < -0.39 is 0 Å². The summed E-state index contributed by atoms with van der Waals surface area (Å²) in [5.41, 5.74) is 5.11. The number of hydrogen-bond donors (Lipinski definition) is 0. The average molecular weight is 403 g/mol. The zero-order valence-electron chi connectivity index (χ0n) is 17.9. The van der Waals surface area contributed by atoms with E-state index in [0.717, 1.165) is 65.8 Å². The third-order valence-electron chi connectivity index (χ3n) is 5.65. The minimum atomic E-state index is 0.913. The average Bonchev–Trinajstić information content (AvgIpc) is 3.12. The Bertz CT molecular complexity index is 1220. The van der Waals surface area contributed by atoms with Crippen LogP contribution in [0.4, 0.5) is 17.3 Å². The van der Waals surface area contributed by atoms with E-state index in [2.05, 4.69) is 54.1 Å². The lowest BCUT2D eigenvalue weighted by atomic mass is 10.1. The number of piperazine rings is 1. The first-order valence-electron chi connectivity index (χ1n) is 10.3. The summed E-state index contributed by atoms with van der Waals surface area (Å²) in [6, 6.07) is 10.6. The lowest BCUT2D eigenvalue weighted by Crippen LogP contribution is -2.47. The Morgan fingerprint density at radius 1 is 0.867 bits per heavy atom. The maximum Gasteiger partial charge on any atom is 0.157 e. The fraction of sp³-hybridized carbons (Fsp3) is 0.364. The molecule has 0 aliphatic carbocycles. The predicted octanol–water partition coefficient (Wildman–Crippen LogP) is 2.68. The molecule has 0 amide bonds. The smallest absolute Gasteiger partial charge is 0.157 e. The SMILES string of the molecule is Cc1cc(N2CCN(c3ccc4ncnc(N(C)C)c4c3)CC2)n2nc(C)cc2n1. The van der Waals surface area contributed by atoms with Gasteiger partial charge in [-0.3, -0.25) is 0 Å². The first-order valence-corrected chi connectivity index (χ1v) is 10.3. The zero-order chi connectivity index (χ0) is 20.8. The van der Waals surface area contributed by atoms with Gasteiger partial charge in [-0.2, -0.15) is 9.61 Å². The van der Waals surface area contributed by atoms with Crippen LogP contribution < -0.4 is 14.7 Å². The van der Waals surface area contributed by atoms with E-state index in [1.807, 2.05) is 43.4 Å². The second-order valence-electron chi connectivity index (χ2n) is 8.08. The van der Waals surface area contributed by atoms with Crippen LogP contribution in [0.25, 0.3) is 16.6 Å². The quantitative estimate of drug-likeness (QED) is 0.522. The molecule has 4 heterocycles. The molecular weight excluding hydrogens is 376 g/mol. The Hall–Kier alpha value is -3.42. The van der Waals surface area contributed by atoms with Crippen LogP contribution in [-0.4, -0.2) is 64.8 Å². The van der Waals surface area contributed by atoms with Gasteiger partial charge in [-0.15, -0.1) is 0 Å². The Balaban J connectivity index is 1.41. The highest BCUT2D eigenvalue weighted by molar-refractivity contribution is 5.91. The molecule has 4 aromatic rings. The van der Waals surface area contributed by atoms with Crippen molar-refractivity contribution in [3.05, 3.63) is 48.0 Å². The van der Waals surface area contributed by atoms with Crippen LogP contribution in [0.1, 0.15) is 11.4 Å². The summed E-state index contributed by atoms with van der Waals surface area (Å²) in [4.78, 5) is 20.4. The summed E-state index contributed by atoms with van der Waals surface area (Å²) in [5.74, 6) is 2.07. The van der Waals surface area contributed by atoms with Gasteiger partial charge in [0.2, 0.25) is 0 Å². The first-order chi connectivity index (χ1) is 14.5. The Labute approximate surface area is 175 Å². The molecule has 30 heavy (non-hydrogen) atoms. The van der Waals surface area contributed by atoms with E-state index >= 15 is 0 Å². The van der Waals surface area contributed by atoms with Gasteiger partial charge in [0.25, 0.3) is 0 Å². The summed E-state index contributed by atoms with van der Waals surface area (Å²) >= 11 is 0. The highest BCUT2D eigenvalue weighted by Crippen LogP contribution is 2.28. The molecular formula is C22H26N8. The fourth-order valence-corrected chi connectivity index (χ4v) is 4.20. The maximum atomic E-state index is 4.65. The van der Waals surface area contributed by atoms with Gasteiger partial charge in [0, 0.05) is 69.2 Å². The Morgan fingerprint density at radius 3 is 2.40 bits per heavy atom. The van der Waals surface area contributed by atoms with Crippen molar-refractivity contribution in [2.75, 3.05) is 55.0 Å². The predicted molar refractivity (Wildman–Crippen MR) is 121 cm³/mol.